The number of fused-ring (bicyclic) bond motifs is 5. The second-order valence-corrected chi connectivity index (χ2v) is 23.2. The molecular formula is C44H72F6NO8PS2. The number of halogens is 6. The Morgan fingerprint density at radius 2 is 1.65 bits per heavy atom. The Kier molecular flexibility index (Phi) is 20.7. The second kappa shape index (κ2) is 23.8. The number of hydrogen-bond donors (Lipinski definition) is 1. The number of rotatable bonds is 28. The van der Waals surface area contributed by atoms with Crippen LogP contribution in [0.15, 0.2) is 18.2 Å². The zero-order chi connectivity index (χ0) is 45.8. The third-order valence-electron chi connectivity index (χ3n) is 13.5. The van der Waals surface area contributed by atoms with E-state index in [1.54, 1.807) is 7.11 Å². The predicted molar refractivity (Wildman–Crippen MR) is 235 cm³/mol. The summed E-state index contributed by atoms with van der Waals surface area (Å²) in [6, 6.07) is 6.57. The highest BCUT2D eigenvalue weighted by Gasteiger charge is 2.69. The number of likely N-dealkylation sites (N-methyl/N-ethyl adjacent to an activating group) is 1. The SMILES string of the molecule is COCC(CCCCCCSSC(C)(C)CCN(C)CCOc1ccc2c(c1)CCC1C2CCC2(C)C(OCCCOC(C)(C(F)(F)F)C(F)(F)F)CCC12)COP(=O)(O)OC. The molecule has 0 bridgehead atoms. The minimum absolute atomic E-state index is 0.0377. The summed E-state index contributed by atoms with van der Waals surface area (Å²) in [5.41, 5.74) is -1.52. The van der Waals surface area contributed by atoms with Crippen LogP contribution < -0.4 is 4.74 Å². The number of alkyl halides is 6. The average molecular weight is 952 g/mol. The molecule has 1 N–H and O–H groups in total. The highest BCUT2D eigenvalue weighted by atomic mass is 33.1. The van der Waals surface area contributed by atoms with E-state index in [1.807, 2.05) is 21.6 Å². The summed E-state index contributed by atoms with van der Waals surface area (Å²) in [4.78, 5) is 11.8. The number of nitrogens with zero attached hydrogens (tertiary/aromatic N) is 1. The molecule has 3 aliphatic rings. The largest absolute Gasteiger partial charge is 0.492 e. The Bertz CT molecular complexity index is 1550. The van der Waals surface area contributed by atoms with Crippen LogP contribution in [-0.4, -0.2) is 112 Å². The van der Waals surface area contributed by atoms with Gasteiger partial charge in [-0.05, 0) is 145 Å². The maximum atomic E-state index is 13.2. The quantitative estimate of drug-likeness (QED) is 0.0376. The van der Waals surface area contributed by atoms with Crippen molar-refractivity contribution < 1.29 is 63.8 Å². The topological polar surface area (TPSA) is 95.9 Å². The van der Waals surface area contributed by atoms with Crippen molar-refractivity contribution >= 4 is 29.4 Å². The molecule has 0 heterocycles. The zero-order valence-corrected chi connectivity index (χ0v) is 40.3. The molecule has 0 spiro atoms. The van der Waals surface area contributed by atoms with E-state index < -0.39 is 32.4 Å². The molecular weight excluding hydrogens is 880 g/mol. The molecule has 18 heteroatoms. The van der Waals surface area contributed by atoms with Gasteiger partial charge in [0, 0.05) is 43.8 Å². The van der Waals surface area contributed by atoms with Crippen molar-refractivity contribution in [1.82, 2.24) is 4.90 Å². The highest BCUT2D eigenvalue weighted by molar-refractivity contribution is 8.77. The van der Waals surface area contributed by atoms with Gasteiger partial charge in [-0.2, -0.15) is 26.3 Å². The first kappa shape index (κ1) is 53.9. The number of hydrogen-bond acceptors (Lipinski definition) is 10. The molecule has 62 heavy (non-hydrogen) atoms. The summed E-state index contributed by atoms with van der Waals surface area (Å²) in [6.07, 6.45) is 0.954. The minimum atomic E-state index is -5.57. The van der Waals surface area contributed by atoms with Crippen molar-refractivity contribution in [3.63, 3.8) is 0 Å². The number of unbranched alkanes of at least 4 members (excludes halogenated alkanes) is 3. The predicted octanol–water partition coefficient (Wildman–Crippen LogP) is 12.1. The number of methoxy groups -OCH3 is 1. The fourth-order valence-corrected chi connectivity index (χ4v) is 12.8. The fraction of sp³-hybridized carbons (Fsp3) is 0.864. The van der Waals surface area contributed by atoms with Crippen LogP contribution in [0.3, 0.4) is 0 Å². The molecule has 7 unspecified atom stereocenters. The first-order valence-corrected chi connectivity index (χ1v) is 26.0. The average Bonchev–Trinajstić information content (AvgIpc) is 3.54. The van der Waals surface area contributed by atoms with Gasteiger partial charge in [-0.3, -0.25) is 9.05 Å². The van der Waals surface area contributed by atoms with E-state index >= 15 is 0 Å². The molecule has 4 rings (SSSR count). The molecule has 0 aliphatic heterocycles. The first-order chi connectivity index (χ1) is 29.1. The van der Waals surface area contributed by atoms with Gasteiger partial charge in [0.05, 0.1) is 25.9 Å². The van der Waals surface area contributed by atoms with Crippen molar-refractivity contribution in [2.75, 3.05) is 73.1 Å². The van der Waals surface area contributed by atoms with E-state index in [2.05, 4.69) is 60.2 Å². The Morgan fingerprint density at radius 1 is 0.919 bits per heavy atom. The van der Waals surface area contributed by atoms with E-state index in [-0.39, 0.29) is 48.7 Å². The van der Waals surface area contributed by atoms with Crippen molar-refractivity contribution in [2.24, 2.45) is 23.2 Å². The van der Waals surface area contributed by atoms with Crippen LogP contribution in [0, 0.1) is 23.2 Å². The molecule has 7 atom stereocenters. The Labute approximate surface area is 374 Å². The normalized spacial score (nSPS) is 24.7. The number of aryl methyl sites for hydroxylation is 1. The van der Waals surface area contributed by atoms with Crippen molar-refractivity contribution in [2.45, 2.75) is 146 Å². The van der Waals surface area contributed by atoms with Gasteiger partial charge in [-0.15, -0.1) is 0 Å². The highest BCUT2D eigenvalue weighted by Crippen LogP contribution is 2.61. The summed E-state index contributed by atoms with van der Waals surface area (Å²) in [7, 11) is 4.84. The lowest BCUT2D eigenvalue weighted by Gasteiger charge is -2.50. The summed E-state index contributed by atoms with van der Waals surface area (Å²) in [5, 5.41) is 0. The van der Waals surface area contributed by atoms with Crippen LogP contribution >= 0.6 is 29.4 Å². The van der Waals surface area contributed by atoms with E-state index in [4.69, 9.17) is 18.7 Å². The van der Waals surface area contributed by atoms with Crippen LogP contribution in [0.4, 0.5) is 26.3 Å². The number of ether oxygens (including phenoxy) is 4. The standard InChI is InChI=1S/C44H72F6NO8PS2/c1-40(2,62-61-28-11-9-8-10-13-32(30-54-6)31-59-60(52,53)55-7)22-23-51(5)24-27-56-34-15-17-35-33(29-34)14-16-37-36(35)20-21-41(3)38(37)18-19-39(41)57-25-12-26-58-42(4,43(45,46)47)44(48,49)50/h15,17,29,32,36-39H,8-14,16,18-28,30-31H2,1-7H3,(H,52,53). The summed E-state index contributed by atoms with van der Waals surface area (Å²) < 4.78 is 122. The first-order valence-electron chi connectivity index (χ1n) is 22.2. The molecule has 2 saturated carbocycles. The molecule has 1 aromatic carbocycles. The van der Waals surface area contributed by atoms with Crippen LogP contribution in [0.1, 0.15) is 122 Å². The molecule has 9 nitrogen and oxygen atoms in total. The third-order valence-corrected chi connectivity index (χ3v) is 17.9. The van der Waals surface area contributed by atoms with E-state index in [1.165, 1.54) is 11.1 Å². The molecule has 2 fully saturated rings. The van der Waals surface area contributed by atoms with Gasteiger partial charge in [-0.25, -0.2) is 4.57 Å². The van der Waals surface area contributed by atoms with Crippen molar-refractivity contribution in [3.05, 3.63) is 29.3 Å². The van der Waals surface area contributed by atoms with Crippen LogP contribution in [0.5, 0.6) is 5.75 Å². The van der Waals surface area contributed by atoms with Gasteiger partial charge in [0.2, 0.25) is 0 Å². The number of benzene rings is 1. The monoisotopic (exact) mass is 951 g/mol. The van der Waals surface area contributed by atoms with E-state index in [0.29, 0.717) is 31.0 Å². The number of phosphoric acid groups is 1. The Hall–Kier alpha value is -0.750. The van der Waals surface area contributed by atoms with Gasteiger partial charge < -0.3 is 28.7 Å². The van der Waals surface area contributed by atoms with Gasteiger partial charge in [0.1, 0.15) is 12.4 Å². The van der Waals surface area contributed by atoms with Crippen molar-refractivity contribution in [1.29, 1.82) is 0 Å². The maximum absolute atomic E-state index is 13.2. The minimum Gasteiger partial charge on any atom is -0.492 e. The fourth-order valence-electron chi connectivity index (χ4n) is 9.54. The van der Waals surface area contributed by atoms with Crippen molar-refractivity contribution in [3.8, 4) is 5.75 Å². The summed E-state index contributed by atoms with van der Waals surface area (Å²) in [6.45, 7) is 9.29. The Morgan fingerprint density at radius 3 is 2.34 bits per heavy atom. The zero-order valence-electron chi connectivity index (χ0n) is 37.8. The molecule has 0 amide bonds. The lowest BCUT2D eigenvalue weighted by molar-refractivity contribution is -0.374. The van der Waals surface area contributed by atoms with Gasteiger partial charge >= 0.3 is 20.2 Å². The van der Waals surface area contributed by atoms with Crippen LogP contribution in [0.2, 0.25) is 0 Å². The number of phosphoric ester groups is 1. The molecule has 3 aliphatic carbocycles. The van der Waals surface area contributed by atoms with Gasteiger partial charge in [0.25, 0.3) is 5.60 Å². The lowest BCUT2D eigenvalue weighted by atomic mass is 9.55. The van der Waals surface area contributed by atoms with Crippen LogP contribution in [0.25, 0.3) is 0 Å². The van der Waals surface area contributed by atoms with Gasteiger partial charge in [-0.1, -0.05) is 53.8 Å². The molecule has 0 saturated heterocycles. The summed E-state index contributed by atoms with van der Waals surface area (Å²) in [5.74, 6) is 3.47. The van der Waals surface area contributed by atoms with Crippen LogP contribution in [-0.2, 0) is 34.2 Å². The smallest absolute Gasteiger partial charge is 0.471 e. The lowest BCUT2D eigenvalue weighted by Crippen LogP contribution is -2.56. The molecule has 360 valence electrons. The molecule has 1 aromatic rings. The van der Waals surface area contributed by atoms with E-state index in [0.717, 1.165) is 109 Å². The molecule has 0 aromatic heterocycles. The third kappa shape index (κ3) is 15.1. The van der Waals surface area contributed by atoms with E-state index in [9.17, 15) is 35.8 Å². The summed E-state index contributed by atoms with van der Waals surface area (Å²) >= 11 is 0. The van der Waals surface area contributed by atoms with Gasteiger partial charge in [0.15, 0.2) is 0 Å². The second-order valence-electron chi connectivity index (χ2n) is 18.5. The molecule has 0 radical (unpaired) electrons. The maximum Gasteiger partial charge on any atom is 0.471 e. The Balaban J connectivity index is 1.10.